The molecule has 0 saturated carbocycles. The van der Waals surface area contributed by atoms with E-state index < -0.39 is 17.1 Å². The highest BCUT2D eigenvalue weighted by molar-refractivity contribution is 6.73. The van der Waals surface area contributed by atoms with Crippen molar-refractivity contribution in [2.75, 3.05) is 26.7 Å². The summed E-state index contributed by atoms with van der Waals surface area (Å²) in [6, 6.07) is 0. The molecular weight excluding hydrogens is 192 g/mol. The van der Waals surface area contributed by atoms with Gasteiger partial charge < -0.3 is 17.7 Å². The van der Waals surface area contributed by atoms with Crippen LogP contribution in [0.15, 0.2) is 0 Å². The van der Waals surface area contributed by atoms with Gasteiger partial charge in [-0.1, -0.05) is 0 Å². The minimum atomic E-state index is -1.98. The van der Waals surface area contributed by atoms with E-state index >= 15 is 0 Å². The van der Waals surface area contributed by atoms with E-state index in [1.54, 1.807) is 14.2 Å². The lowest BCUT2D eigenvalue weighted by Crippen LogP contribution is -2.59. The first-order chi connectivity index (χ1) is 5.54. The average molecular weight is 208 g/mol. The monoisotopic (exact) mass is 208 g/mol. The van der Waals surface area contributed by atoms with E-state index in [-0.39, 0.29) is 0 Å². The van der Waals surface area contributed by atoms with Crippen LogP contribution < -0.4 is 0 Å². The van der Waals surface area contributed by atoms with E-state index in [1.807, 2.05) is 13.1 Å². The van der Waals surface area contributed by atoms with Gasteiger partial charge in [0.05, 0.1) is 12.5 Å². The Morgan fingerprint density at radius 3 is 1.42 bits per heavy atom. The zero-order chi connectivity index (χ0) is 9.24. The maximum Gasteiger partial charge on any atom is 0.359 e. The molecule has 0 aromatic heterocycles. The van der Waals surface area contributed by atoms with Crippen molar-refractivity contribution in [2.45, 2.75) is 13.1 Å². The molecule has 1 rings (SSSR count). The van der Waals surface area contributed by atoms with Gasteiger partial charge in [0.1, 0.15) is 0 Å². The van der Waals surface area contributed by atoms with Gasteiger partial charge in [0.2, 0.25) is 0 Å². The van der Waals surface area contributed by atoms with E-state index in [2.05, 4.69) is 0 Å². The summed E-state index contributed by atoms with van der Waals surface area (Å²) < 4.78 is 21.8. The van der Waals surface area contributed by atoms with Crippen LogP contribution in [0.5, 0.6) is 0 Å². The Hall–Kier alpha value is 0.274. The molecule has 1 aliphatic rings. The smallest absolute Gasteiger partial charge is 0.359 e. The predicted octanol–water partition coefficient (Wildman–Crippen LogP) is 0.548. The number of rotatable bonds is 2. The molecule has 1 heterocycles. The maximum absolute atomic E-state index is 5.65. The van der Waals surface area contributed by atoms with Gasteiger partial charge in [-0.3, -0.25) is 0 Å². The summed E-state index contributed by atoms with van der Waals surface area (Å²) in [5, 5.41) is 0. The highest BCUT2D eigenvalue weighted by atomic mass is 28.4. The van der Waals surface area contributed by atoms with Gasteiger partial charge in [0.15, 0.2) is 0 Å². The summed E-state index contributed by atoms with van der Waals surface area (Å²) in [5.74, 6) is 0. The van der Waals surface area contributed by atoms with E-state index in [0.29, 0.717) is 12.5 Å². The molecule has 6 heteroatoms. The third-order valence-corrected chi connectivity index (χ3v) is 7.29. The van der Waals surface area contributed by atoms with Crippen molar-refractivity contribution in [3.05, 3.63) is 0 Å². The summed E-state index contributed by atoms with van der Waals surface area (Å²) in [6.07, 6.45) is 1.17. The third-order valence-electron chi connectivity index (χ3n) is 2.14. The lowest BCUT2D eigenvalue weighted by molar-refractivity contribution is 0.112. The molecule has 2 atom stereocenters. The Morgan fingerprint density at radius 2 is 1.25 bits per heavy atom. The summed E-state index contributed by atoms with van der Waals surface area (Å²) in [5.41, 5.74) is 0. The summed E-state index contributed by atoms with van der Waals surface area (Å²) >= 11 is 0. The second-order valence-electron chi connectivity index (χ2n) is 3.25. The fraction of sp³-hybridized carbons (Fsp3) is 1.00. The van der Waals surface area contributed by atoms with Crippen molar-refractivity contribution < 1.29 is 17.7 Å². The predicted molar refractivity (Wildman–Crippen MR) is 49.2 cm³/mol. The van der Waals surface area contributed by atoms with Gasteiger partial charge in [-0.05, 0) is 13.1 Å². The molecule has 0 aromatic rings. The molecule has 1 aliphatic heterocycles. The SMILES string of the molecule is CO[Si]1(C)CO[Si](C)(OC)CO1. The summed E-state index contributed by atoms with van der Waals surface area (Å²) in [6.45, 7) is 3.99. The minimum absolute atomic E-state index is 0.583. The molecule has 0 radical (unpaired) electrons. The van der Waals surface area contributed by atoms with E-state index in [4.69, 9.17) is 17.7 Å². The maximum atomic E-state index is 5.65. The quantitative estimate of drug-likeness (QED) is 0.621. The fourth-order valence-electron chi connectivity index (χ4n) is 0.887. The Bertz CT molecular complexity index is 138. The molecule has 72 valence electrons. The van der Waals surface area contributed by atoms with Gasteiger partial charge in [-0.2, -0.15) is 0 Å². The summed E-state index contributed by atoms with van der Waals surface area (Å²) in [7, 11) is -0.620. The fourth-order valence-corrected chi connectivity index (χ4v) is 6.06. The van der Waals surface area contributed by atoms with Crippen LogP contribution in [0.3, 0.4) is 0 Å². The first-order valence-electron chi connectivity index (χ1n) is 3.92. The Labute approximate surface area is 75.3 Å². The zero-order valence-electron chi connectivity index (χ0n) is 8.05. The topological polar surface area (TPSA) is 36.9 Å². The molecule has 0 bridgehead atoms. The second kappa shape index (κ2) is 3.56. The van der Waals surface area contributed by atoms with Gasteiger partial charge in [-0.15, -0.1) is 0 Å². The van der Waals surface area contributed by atoms with Crippen LogP contribution >= 0.6 is 0 Å². The average Bonchev–Trinajstić information content (AvgIpc) is 2.11. The first kappa shape index (κ1) is 10.4. The van der Waals surface area contributed by atoms with E-state index in [1.165, 1.54) is 0 Å². The van der Waals surface area contributed by atoms with Crippen LogP contribution in [0.1, 0.15) is 0 Å². The van der Waals surface area contributed by atoms with Gasteiger partial charge in [0, 0.05) is 14.2 Å². The molecular formula is C6H16O4Si2. The standard InChI is InChI=1S/C6H16O4Si2/c1-7-11(3)5-10-12(4,8-2)6-9-11/h5-6H2,1-4H3. The van der Waals surface area contributed by atoms with Gasteiger partial charge in [0.25, 0.3) is 0 Å². The molecule has 0 amide bonds. The van der Waals surface area contributed by atoms with Crippen molar-refractivity contribution in [3.63, 3.8) is 0 Å². The lowest BCUT2D eigenvalue weighted by Gasteiger charge is -2.37. The normalized spacial score (nSPS) is 43.0. The molecule has 0 N–H and O–H groups in total. The molecule has 1 fully saturated rings. The number of hydrogen-bond donors (Lipinski definition) is 0. The molecule has 2 unspecified atom stereocenters. The van der Waals surface area contributed by atoms with Crippen LogP contribution in [0, 0.1) is 0 Å². The van der Waals surface area contributed by atoms with Crippen molar-refractivity contribution in [1.82, 2.24) is 0 Å². The molecule has 1 saturated heterocycles. The van der Waals surface area contributed by atoms with Crippen LogP contribution in [-0.2, 0) is 17.7 Å². The van der Waals surface area contributed by atoms with Crippen LogP contribution in [0.25, 0.3) is 0 Å². The van der Waals surface area contributed by atoms with Gasteiger partial charge >= 0.3 is 17.1 Å². The second-order valence-corrected chi connectivity index (χ2v) is 9.76. The van der Waals surface area contributed by atoms with Crippen LogP contribution in [-0.4, -0.2) is 43.8 Å². The molecule has 0 spiro atoms. The molecule has 0 aliphatic carbocycles. The summed E-state index contributed by atoms with van der Waals surface area (Å²) in [4.78, 5) is 0. The third kappa shape index (κ3) is 2.15. The van der Waals surface area contributed by atoms with Crippen LogP contribution in [0.4, 0.5) is 0 Å². The molecule has 0 aromatic carbocycles. The number of hydrogen-bond acceptors (Lipinski definition) is 4. The van der Waals surface area contributed by atoms with E-state index in [0.717, 1.165) is 0 Å². The van der Waals surface area contributed by atoms with Crippen molar-refractivity contribution in [1.29, 1.82) is 0 Å². The zero-order valence-corrected chi connectivity index (χ0v) is 10.0. The molecule has 4 nitrogen and oxygen atoms in total. The van der Waals surface area contributed by atoms with Crippen molar-refractivity contribution >= 4 is 17.1 Å². The highest BCUT2D eigenvalue weighted by Crippen LogP contribution is 2.19. The van der Waals surface area contributed by atoms with Crippen LogP contribution in [0.2, 0.25) is 13.1 Å². The Balaban J connectivity index is 2.49. The highest BCUT2D eigenvalue weighted by Gasteiger charge is 2.45. The van der Waals surface area contributed by atoms with E-state index in [9.17, 15) is 0 Å². The first-order valence-corrected chi connectivity index (χ1v) is 8.96. The van der Waals surface area contributed by atoms with Crippen molar-refractivity contribution in [2.24, 2.45) is 0 Å². The van der Waals surface area contributed by atoms with Gasteiger partial charge in [-0.25, -0.2) is 0 Å². The largest absolute Gasteiger partial charge is 0.396 e. The van der Waals surface area contributed by atoms with Crippen molar-refractivity contribution in [3.8, 4) is 0 Å². The molecule has 12 heavy (non-hydrogen) atoms. The Kier molecular flexibility index (Phi) is 3.08. The Morgan fingerprint density at radius 1 is 0.917 bits per heavy atom. The minimum Gasteiger partial charge on any atom is -0.396 e. The lowest BCUT2D eigenvalue weighted by atomic mass is 11.7.